The molecular weight excluding hydrogens is 194 g/mol. The Bertz CT molecular complexity index is 171. The lowest BCUT2D eigenvalue weighted by atomic mass is 10.2. The van der Waals surface area contributed by atoms with Gasteiger partial charge in [-0.3, -0.25) is 9.69 Å². The van der Waals surface area contributed by atoms with E-state index in [9.17, 15) is 4.79 Å². The highest BCUT2D eigenvalue weighted by Crippen LogP contribution is 2.22. The second-order valence-electron chi connectivity index (χ2n) is 3.66. The third-order valence-electron chi connectivity index (χ3n) is 2.66. The maximum absolute atomic E-state index is 11.0. The zero-order valence-electron chi connectivity index (χ0n) is 9.65. The summed E-state index contributed by atoms with van der Waals surface area (Å²) in [4.78, 5) is 12.7. The topological polar surface area (TPSA) is 38.8 Å². The molecule has 0 aromatic rings. The number of amides is 1. The molecule has 4 heteroatoms. The first-order valence-electron chi connectivity index (χ1n) is 5.79. The highest BCUT2D eigenvalue weighted by atomic mass is 16.5. The largest absolute Gasteiger partial charge is 0.359 e. The minimum absolute atomic E-state index is 0.105. The SMILES string of the molecule is CCOC1CCCCC(OCC)N1C=O. The summed E-state index contributed by atoms with van der Waals surface area (Å²) in [6, 6.07) is 0. The Balaban J connectivity index is 2.63. The Kier molecular flexibility index (Phi) is 5.65. The molecule has 1 aliphatic heterocycles. The lowest BCUT2D eigenvalue weighted by molar-refractivity contribution is -0.162. The molecule has 1 fully saturated rings. The summed E-state index contributed by atoms with van der Waals surface area (Å²) >= 11 is 0. The van der Waals surface area contributed by atoms with Crippen LogP contribution >= 0.6 is 0 Å². The molecule has 0 bridgehead atoms. The minimum Gasteiger partial charge on any atom is -0.359 e. The summed E-state index contributed by atoms with van der Waals surface area (Å²) in [6.45, 7) is 5.16. The van der Waals surface area contributed by atoms with Gasteiger partial charge in [0.2, 0.25) is 6.41 Å². The molecule has 2 unspecified atom stereocenters. The lowest BCUT2D eigenvalue weighted by Crippen LogP contribution is -2.43. The third-order valence-corrected chi connectivity index (χ3v) is 2.66. The van der Waals surface area contributed by atoms with Gasteiger partial charge in [-0.15, -0.1) is 0 Å². The Morgan fingerprint density at radius 2 is 1.60 bits per heavy atom. The summed E-state index contributed by atoms with van der Waals surface area (Å²) < 4.78 is 11.1. The monoisotopic (exact) mass is 215 g/mol. The van der Waals surface area contributed by atoms with Gasteiger partial charge >= 0.3 is 0 Å². The van der Waals surface area contributed by atoms with E-state index in [0.717, 1.165) is 32.1 Å². The summed E-state index contributed by atoms with van der Waals surface area (Å²) in [7, 11) is 0. The van der Waals surface area contributed by atoms with Crippen molar-refractivity contribution < 1.29 is 14.3 Å². The highest BCUT2D eigenvalue weighted by molar-refractivity contribution is 5.47. The van der Waals surface area contributed by atoms with Crippen LogP contribution in [0.1, 0.15) is 39.5 Å². The molecule has 1 aliphatic rings. The molecule has 0 spiro atoms. The number of hydrogen-bond donors (Lipinski definition) is 0. The molecule has 0 N–H and O–H groups in total. The molecule has 1 heterocycles. The summed E-state index contributed by atoms with van der Waals surface area (Å²) in [5.74, 6) is 0. The summed E-state index contributed by atoms with van der Waals surface area (Å²) in [5.41, 5.74) is 0. The van der Waals surface area contributed by atoms with Crippen molar-refractivity contribution >= 4 is 6.41 Å². The Morgan fingerprint density at radius 1 is 1.13 bits per heavy atom. The number of likely N-dealkylation sites (tertiary alicyclic amines) is 1. The lowest BCUT2D eigenvalue weighted by Gasteiger charge is -2.32. The van der Waals surface area contributed by atoms with Gasteiger partial charge in [0.05, 0.1) is 0 Å². The van der Waals surface area contributed by atoms with Crippen molar-refractivity contribution in [2.45, 2.75) is 52.0 Å². The van der Waals surface area contributed by atoms with E-state index in [1.165, 1.54) is 0 Å². The average Bonchev–Trinajstić information content (AvgIpc) is 2.42. The van der Waals surface area contributed by atoms with E-state index in [2.05, 4.69) is 0 Å². The molecule has 1 amide bonds. The highest BCUT2D eigenvalue weighted by Gasteiger charge is 2.28. The first-order chi connectivity index (χ1) is 7.33. The van der Waals surface area contributed by atoms with Crippen molar-refractivity contribution in [1.29, 1.82) is 0 Å². The van der Waals surface area contributed by atoms with E-state index in [1.54, 1.807) is 4.90 Å². The van der Waals surface area contributed by atoms with Gasteiger partial charge < -0.3 is 9.47 Å². The van der Waals surface area contributed by atoms with Gasteiger partial charge in [-0.1, -0.05) is 0 Å². The van der Waals surface area contributed by atoms with Crippen molar-refractivity contribution in [2.24, 2.45) is 0 Å². The Morgan fingerprint density at radius 3 is 1.93 bits per heavy atom. The van der Waals surface area contributed by atoms with Crippen LogP contribution < -0.4 is 0 Å². The van der Waals surface area contributed by atoms with Crippen molar-refractivity contribution in [2.75, 3.05) is 13.2 Å². The van der Waals surface area contributed by atoms with Crippen LogP contribution in [0.2, 0.25) is 0 Å². The average molecular weight is 215 g/mol. The second kappa shape index (κ2) is 6.80. The molecule has 1 saturated heterocycles. The summed E-state index contributed by atoms with van der Waals surface area (Å²) in [5, 5.41) is 0. The molecule has 15 heavy (non-hydrogen) atoms. The number of carbonyl (C=O) groups excluding carboxylic acids is 1. The number of carbonyl (C=O) groups is 1. The van der Waals surface area contributed by atoms with Crippen LogP contribution in [0.25, 0.3) is 0 Å². The molecule has 88 valence electrons. The van der Waals surface area contributed by atoms with E-state index >= 15 is 0 Å². The van der Waals surface area contributed by atoms with E-state index in [1.807, 2.05) is 13.8 Å². The van der Waals surface area contributed by atoms with E-state index in [0.29, 0.717) is 13.2 Å². The van der Waals surface area contributed by atoms with Crippen LogP contribution in [0.5, 0.6) is 0 Å². The molecule has 0 radical (unpaired) electrons. The normalized spacial score (nSPS) is 27.5. The maximum atomic E-state index is 11.0. The van der Waals surface area contributed by atoms with E-state index in [4.69, 9.17) is 9.47 Å². The van der Waals surface area contributed by atoms with Crippen molar-refractivity contribution in [3.05, 3.63) is 0 Å². The van der Waals surface area contributed by atoms with E-state index in [-0.39, 0.29) is 12.5 Å². The summed E-state index contributed by atoms with van der Waals surface area (Å²) in [6.07, 6.45) is 4.66. The van der Waals surface area contributed by atoms with Crippen LogP contribution in [0, 0.1) is 0 Å². The van der Waals surface area contributed by atoms with Crippen LogP contribution in [-0.2, 0) is 14.3 Å². The van der Waals surface area contributed by atoms with E-state index < -0.39 is 0 Å². The fourth-order valence-corrected chi connectivity index (χ4v) is 1.98. The van der Waals surface area contributed by atoms with Gasteiger partial charge in [-0.2, -0.15) is 0 Å². The van der Waals surface area contributed by atoms with Crippen molar-refractivity contribution in [1.82, 2.24) is 4.90 Å². The van der Waals surface area contributed by atoms with Gasteiger partial charge in [-0.25, -0.2) is 0 Å². The molecule has 0 aromatic carbocycles. The number of hydrogen-bond acceptors (Lipinski definition) is 3. The van der Waals surface area contributed by atoms with Crippen LogP contribution in [-0.4, -0.2) is 37.0 Å². The molecule has 1 rings (SSSR count). The molecule has 4 nitrogen and oxygen atoms in total. The second-order valence-corrected chi connectivity index (χ2v) is 3.66. The number of ether oxygens (including phenoxy) is 2. The maximum Gasteiger partial charge on any atom is 0.213 e. The molecule has 2 atom stereocenters. The number of rotatable bonds is 5. The predicted molar refractivity (Wildman–Crippen MR) is 57.2 cm³/mol. The Hall–Kier alpha value is -0.610. The zero-order chi connectivity index (χ0) is 11.1. The minimum atomic E-state index is -0.105. The van der Waals surface area contributed by atoms with Gasteiger partial charge in [0.25, 0.3) is 0 Å². The molecule has 0 saturated carbocycles. The standard InChI is InChI=1S/C11H21NO3/c1-3-14-10-7-5-6-8-11(15-4-2)12(10)9-13/h9-11H,3-8H2,1-2H3. The van der Waals surface area contributed by atoms with Gasteiger partial charge in [0.1, 0.15) is 12.5 Å². The Labute approximate surface area is 91.5 Å². The molecule has 0 aliphatic carbocycles. The van der Waals surface area contributed by atoms with Crippen LogP contribution in [0.3, 0.4) is 0 Å². The van der Waals surface area contributed by atoms with Crippen molar-refractivity contribution in [3.63, 3.8) is 0 Å². The van der Waals surface area contributed by atoms with Crippen LogP contribution in [0.15, 0.2) is 0 Å². The van der Waals surface area contributed by atoms with Crippen LogP contribution in [0.4, 0.5) is 0 Å². The molecular formula is C11H21NO3. The molecule has 0 aromatic heterocycles. The van der Waals surface area contributed by atoms with Gasteiger partial charge in [0.15, 0.2) is 0 Å². The first kappa shape index (κ1) is 12.5. The zero-order valence-corrected chi connectivity index (χ0v) is 9.65. The quantitative estimate of drug-likeness (QED) is 0.656. The van der Waals surface area contributed by atoms with Crippen molar-refractivity contribution in [3.8, 4) is 0 Å². The first-order valence-corrected chi connectivity index (χ1v) is 5.79. The fraction of sp³-hybridized carbons (Fsp3) is 0.909. The van der Waals surface area contributed by atoms with Gasteiger partial charge in [-0.05, 0) is 39.5 Å². The van der Waals surface area contributed by atoms with Gasteiger partial charge in [0, 0.05) is 13.2 Å². The smallest absolute Gasteiger partial charge is 0.213 e. The number of nitrogens with zero attached hydrogens (tertiary/aromatic N) is 1. The predicted octanol–water partition coefficient (Wildman–Crippen LogP) is 1.74. The fourth-order valence-electron chi connectivity index (χ4n) is 1.98. The third kappa shape index (κ3) is 3.47.